The first-order valence-electron chi connectivity index (χ1n) is 8.76. The lowest BCUT2D eigenvalue weighted by Crippen LogP contribution is -2.38. The molecule has 5 nitrogen and oxygen atoms in total. The molecule has 0 spiro atoms. The van der Waals surface area contributed by atoms with Crippen LogP contribution in [0.2, 0.25) is 0 Å². The van der Waals surface area contributed by atoms with Crippen LogP contribution < -0.4 is 9.64 Å². The number of benzene rings is 2. The predicted molar refractivity (Wildman–Crippen MR) is 99.5 cm³/mol. The van der Waals surface area contributed by atoms with Gasteiger partial charge in [0.05, 0.1) is 13.5 Å². The number of aryl methyl sites for hydroxylation is 2. The van der Waals surface area contributed by atoms with Crippen molar-refractivity contribution in [2.75, 3.05) is 25.2 Å². The van der Waals surface area contributed by atoms with Crippen molar-refractivity contribution >= 4 is 17.6 Å². The highest BCUT2D eigenvalue weighted by molar-refractivity contribution is 5.96. The Morgan fingerprint density at radius 1 is 1.15 bits per heavy atom. The molecule has 0 radical (unpaired) electrons. The highest BCUT2D eigenvalue weighted by Crippen LogP contribution is 2.26. The van der Waals surface area contributed by atoms with Crippen LogP contribution in [0.4, 0.5) is 5.69 Å². The molecule has 0 fully saturated rings. The van der Waals surface area contributed by atoms with Crippen LogP contribution in [0.15, 0.2) is 42.5 Å². The van der Waals surface area contributed by atoms with Gasteiger partial charge < -0.3 is 14.4 Å². The third kappa shape index (κ3) is 4.04. The molecule has 26 heavy (non-hydrogen) atoms. The Balaban J connectivity index is 1.57. The molecule has 0 atom stereocenters. The van der Waals surface area contributed by atoms with Crippen molar-refractivity contribution in [1.82, 2.24) is 0 Å². The van der Waals surface area contributed by atoms with Crippen LogP contribution in [-0.2, 0) is 27.2 Å². The SMILES string of the molecule is COc1cc(CC(=O)OCC(=O)N2CCCc3ccccc32)ccc1C. The molecule has 5 heteroatoms. The van der Waals surface area contributed by atoms with Gasteiger partial charge in [0.15, 0.2) is 6.61 Å². The Hall–Kier alpha value is -2.82. The molecule has 0 unspecified atom stereocenters. The summed E-state index contributed by atoms with van der Waals surface area (Å²) >= 11 is 0. The fourth-order valence-electron chi connectivity index (χ4n) is 3.20. The van der Waals surface area contributed by atoms with E-state index in [-0.39, 0.29) is 18.9 Å². The summed E-state index contributed by atoms with van der Waals surface area (Å²) in [6, 6.07) is 13.4. The lowest BCUT2D eigenvalue weighted by molar-refractivity contribution is -0.147. The number of methoxy groups -OCH3 is 1. The van der Waals surface area contributed by atoms with E-state index in [0.717, 1.165) is 41.0 Å². The zero-order valence-corrected chi connectivity index (χ0v) is 15.2. The van der Waals surface area contributed by atoms with Crippen molar-refractivity contribution in [2.45, 2.75) is 26.2 Å². The van der Waals surface area contributed by atoms with Crippen molar-refractivity contribution < 1.29 is 19.1 Å². The monoisotopic (exact) mass is 353 g/mol. The number of anilines is 1. The van der Waals surface area contributed by atoms with Gasteiger partial charge in [-0.25, -0.2) is 0 Å². The first-order chi connectivity index (χ1) is 12.6. The number of hydrogen-bond acceptors (Lipinski definition) is 4. The molecule has 3 rings (SSSR count). The summed E-state index contributed by atoms with van der Waals surface area (Å²) in [5.74, 6) is 0.123. The molecule has 1 aliphatic heterocycles. The lowest BCUT2D eigenvalue weighted by atomic mass is 10.0. The maximum Gasteiger partial charge on any atom is 0.310 e. The fraction of sp³-hybridized carbons (Fsp3) is 0.333. The summed E-state index contributed by atoms with van der Waals surface area (Å²) in [5.41, 5.74) is 3.88. The molecule has 0 aliphatic carbocycles. The van der Waals surface area contributed by atoms with E-state index in [9.17, 15) is 9.59 Å². The van der Waals surface area contributed by atoms with Crippen LogP contribution in [0.5, 0.6) is 5.75 Å². The predicted octanol–water partition coefficient (Wildman–Crippen LogP) is 3.07. The van der Waals surface area contributed by atoms with Gasteiger partial charge in [-0.05, 0) is 48.6 Å². The van der Waals surface area contributed by atoms with E-state index in [1.165, 1.54) is 0 Å². The van der Waals surface area contributed by atoms with Gasteiger partial charge in [0.25, 0.3) is 5.91 Å². The third-order valence-electron chi connectivity index (χ3n) is 4.59. The highest BCUT2D eigenvalue weighted by Gasteiger charge is 2.23. The zero-order valence-electron chi connectivity index (χ0n) is 15.2. The quantitative estimate of drug-likeness (QED) is 0.775. The van der Waals surface area contributed by atoms with E-state index >= 15 is 0 Å². The first-order valence-corrected chi connectivity index (χ1v) is 8.76. The van der Waals surface area contributed by atoms with E-state index in [0.29, 0.717) is 6.54 Å². The number of esters is 1. The molecule has 2 aromatic carbocycles. The Labute approximate surface area is 153 Å². The van der Waals surface area contributed by atoms with Gasteiger partial charge in [0, 0.05) is 12.2 Å². The highest BCUT2D eigenvalue weighted by atomic mass is 16.5. The number of fused-ring (bicyclic) bond motifs is 1. The number of carbonyl (C=O) groups is 2. The lowest BCUT2D eigenvalue weighted by Gasteiger charge is -2.29. The summed E-state index contributed by atoms with van der Waals surface area (Å²) < 4.78 is 10.5. The second-order valence-electron chi connectivity index (χ2n) is 6.42. The molecule has 0 bridgehead atoms. The van der Waals surface area contributed by atoms with E-state index < -0.39 is 5.97 Å². The molecule has 0 N–H and O–H groups in total. The Morgan fingerprint density at radius 2 is 1.96 bits per heavy atom. The van der Waals surface area contributed by atoms with Gasteiger partial charge >= 0.3 is 5.97 Å². The van der Waals surface area contributed by atoms with Gasteiger partial charge in [-0.2, -0.15) is 0 Å². The molecule has 0 aromatic heterocycles. The van der Waals surface area contributed by atoms with Crippen molar-refractivity contribution in [1.29, 1.82) is 0 Å². The second-order valence-corrected chi connectivity index (χ2v) is 6.42. The fourth-order valence-corrected chi connectivity index (χ4v) is 3.20. The number of carbonyl (C=O) groups excluding carboxylic acids is 2. The molecule has 0 saturated carbocycles. The van der Waals surface area contributed by atoms with Gasteiger partial charge in [0.2, 0.25) is 0 Å². The van der Waals surface area contributed by atoms with E-state index in [2.05, 4.69) is 0 Å². The van der Waals surface area contributed by atoms with E-state index in [1.807, 2.05) is 49.4 Å². The van der Waals surface area contributed by atoms with Crippen molar-refractivity contribution in [3.8, 4) is 5.75 Å². The molecule has 2 aromatic rings. The largest absolute Gasteiger partial charge is 0.496 e. The minimum Gasteiger partial charge on any atom is -0.496 e. The molecule has 0 saturated heterocycles. The smallest absolute Gasteiger partial charge is 0.310 e. The van der Waals surface area contributed by atoms with Gasteiger partial charge in [-0.1, -0.05) is 30.3 Å². The average Bonchev–Trinajstić information content (AvgIpc) is 2.67. The van der Waals surface area contributed by atoms with Crippen molar-refractivity contribution in [3.63, 3.8) is 0 Å². The normalized spacial score (nSPS) is 13.1. The molecule has 1 heterocycles. The molecular weight excluding hydrogens is 330 g/mol. The molecule has 1 amide bonds. The number of rotatable bonds is 5. The number of nitrogens with zero attached hydrogens (tertiary/aromatic N) is 1. The standard InChI is InChI=1S/C21H23NO4/c1-15-9-10-16(12-19(15)25-2)13-21(24)26-14-20(23)22-11-5-7-17-6-3-4-8-18(17)22/h3-4,6,8-10,12H,5,7,11,13-14H2,1-2H3. The van der Waals surface area contributed by atoms with Crippen LogP contribution in [0.25, 0.3) is 0 Å². The molecule has 136 valence electrons. The summed E-state index contributed by atoms with van der Waals surface area (Å²) in [4.78, 5) is 26.3. The summed E-state index contributed by atoms with van der Waals surface area (Å²) in [6.45, 7) is 2.36. The van der Waals surface area contributed by atoms with Crippen LogP contribution >= 0.6 is 0 Å². The van der Waals surface area contributed by atoms with Crippen molar-refractivity contribution in [2.24, 2.45) is 0 Å². The minimum atomic E-state index is -0.422. The number of amides is 1. The van der Waals surface area contributed by atoms with Gasteiger partial charge in [0.1, 0.15) is 5.75 Å². The van der Waals surface area contributed by atoms with Gasteiger partial charge in [-0.3, -0.25) is 9.59 Å². The third-order valence-corrected chi connectivity index (χ3v) is 4.59. The summed E-state index contributed by atoms with van der Waals surface area (Å²) in [7, 11) is 1.60. The van der Waals surface area contributed by atoms with E-state index in [4.69, 9.17) is 9.47 Å². The number of ether oxygens (including phenoxy) is 2. The Morgan fingerprint density at radius 3 is 2.77 bits per heavy atom. The Bertz CT molecular complexity index is 815. The topological polar surface area (TPSA) is 55.8 Å². The maximum atomic E-state index is 12.5. The number of hydrogen-bond donors (Lipinski definition) is 0. The van der Waals surface area contributed by atoms with E-state index in [1.54, 1.807) is 12.0 Å². The maximum absolute atomic E-state index is 12.5. The summed E-state index contributed by atoms with van der Waals surface area (Å²) in [5, 5.41) is 0. The number of para-hydroxylation sites is 1. The average molecular weight is 353 g/mol. The van der Waals surface area contributed by atoms with Crippen LogP contribution in [0, 0.1) is 6.92 Å². The molecular formula is C21H23NO4. The van der Waals surface area contributed by atoms with Crippen LogP contribution in [-0.4, -0.2) is 32.1 Å². The molecule has 1 aliphatic rings. The second kappa shape index (κ2) is 8.04. The zero-order chi connectivity index (χ0) is 18.5. The Kier molecular flexibility index (Phi) is 5.56. The minimum absolute atomic E-state index is 0.112. The van der Waals surface area contributed by atoms with Gasteiger partial charge in [-0.15, -0.1) is 0 Å². The first kappa shape index (κ1) is 18.0. The van der Waals surface area contributed by atoms with Crippen molar-refractivity contribution in [3.05, 3.63) is 59.2 Å². The van der Waals surface area contributed by atoms with Crippen LogP contribution in [0.1, 0.15) is 23.1 Å². The summed E-state index contributed by atoms with van der Waals surface area (Å²) in [6.07, 6.45) is 2.00. The van der Waals surface area contributed by atoms with Crippen LogP contribution in [0.3, 0.4) is 0 Å².